The summed E-state index contributed by atoms with van der Waals surface area (Å²) < 4.78 is 16.0. The molecule has 0 bridgehead atoms. The van der Waals surface area contributed by atoms with E-state index in [0.29, 0.717) is 6.04 Å². The number of hydrogen-bond acceptors (Lipinski definition) is 1. The molecule has 2 aromatic rings. The zero-order valence-corrected chi connectivity index (χ0v) is 10.1. The number of nitrogens with zero attached hydrogens (tertiary/aromatic N) is 1. The molecule has 1 N–H and O–H groups in total. The van der Waals surface area contributed by atoms with Crippen molar-refractivity contribution < 1.29 is 4.39 Å². The van der Waals surface area contributed by atoms with E-state index in [0.717, 1.165) is 29.6 Å². The standard InChI is InChI=1S/C13H13FN2S/c14-11-3-1-9-2-4-12(8-10(9)7-11)16-6-5-15-13(16)17/h1,3,5-7,12H,2,4,8H2,(H,15,17). The first-order valence-electron chi connectivity index (χ1n) is 5.77. The van der Waals surface area contributed by atoms with Crippen molar-refractivity contribution >= 4 is 12.2 Å². The smallest absolute Gasteiger partial charge is 0.177 e. The summed E-state index contributed by atoms with van der Waals surface area (Å²) in [6.45, 7) is 0. The van der Waals surface area contributed by atoms with E-state index in [1.54, 1.807) is 12.1 Å². The SMILES string of the molecule is Fc1ccc2c(c1)CC(n1cc[nH]c1=S)CC2. The maximum Gasteiger partial charge on any atom is 0.177 e. The lowest BCUT2D eigenvalue weighted by Crippen LogP contribution is -2.18. The third kappa shape index (κ3) is 1.93. The van der Waals surface area contributed by atoms with E-state index in [1.165, 1.54) is 5.56 Å². The zero-order chi connectivity index (χ0) is 11.8. The Hall–Kier alpha value is -1.42. The van der Waals surface area contributed by atoms with Crippen molar-refractivity contribution in [1.29, 1.82) is 0 Å². The third-order valence-corrected chi connectivity index (χ3v) is 3.77. The van der Waals surface area contributed by atoms with E-state index in [9.17, 15) is 4.39 Å². The Morgan fingerprint density at radius 2 is 2.24 bits per heavy atom. The molecule has 1 aliphatic carbocycles. The van der Waals surface area contributed by atoms with E-state index < -0.39 is 0 Å². The molecule has 0 saturated carbocycles. The van der Waals surface area contributed by atoms with Gasteiger partial charge in [0.1, 0.15) is 5.82 Å². The number of halogens is 1. The monoisotopic (exact) mass is 248 g/mol. The maximum atomic E-state index is 13.2. The number of fused-ring (bicyclic) bond motifs is 1. The number of aromatic nitrogens is 2. The topological polar surface area (TPSA) is 20.7 Å². The highest BCUT2D eigenvalue weighted by Crippen LogP contribution is 2.29. The number of imidazole rings is 1. The molecule has 0 saturated heterocycles. The Bertz CT molecular complexity index is 599. The van der Waals surface area contributed by atoms with Gasteiger partial charge in [0.25, 0.3) is 0 Å². The Kier molecular flexibility index (Phi) is 2.59. The second-order valence-electron chi connectivity index (χ2n) is 4.48. The summed E-state index contributed by atoms with van der Waals surface area (Å²) in [7, 11) is 0. The minimum absolute atomic E-state index is 0.151. The molecule has 0 radical (unpaired) electrons. The Morgan fingerprint density at radius 3 is 3.00 bits per heavy atom. The average Bonchev–Trinajstić information content (AvgIpc) is 2.74. The number of hydrogen-bond donors (Lipinski definition) is 1. The van der Waals surface area contributed by atoms with Crippen LogP contribution < -0.4 is 0 Å². The lowest BCUT2D eigenvalue weighted by molar-refractivity contribution is 0.436. The number of rotatable bonds is 1. The summed E-state index contributed by atoms with van der Waals surface area (Å²) in [6, 6.07) is 5.44. The van der Waals surface area contributed by atoms with Gasteiger partial charge < -0.3 is 9.55 Å². The van der Waals surface area contributed by atoms with E-state index >= 15 is 0 Å². The van der Waals surface area contributed by atoms with Gasteiger partial charge in [0, 0.05) is 18.4 Å². The van der Waals surface area contributed by atoms with Crippen molar-refractivity contribution in [3.63, 3.8) is 0 Å². The van der Waals surface area contributed by atoms with Crippen LogP contribution in [-0.4, -0.2) is 9.55 Å². The highest BCUT2D eigenvalue weighted by Gasteiger charge is 2.20. The molecule has 1 aromatic carbocycles. The third-order valence-electron chi connectivity index (χ3n) is 3.44. The summed E-state index contributed by atoms with van der Waals surface area (Å²) in [4.78, 5) is 3.00. The van der Waals surface area contributed by atoms with E-state index in [1.807, 2.05) is 18.5 Å². The molecule has 4 heteroatoms. The van der Waals surface area contributed by atoms with Gasteiger partial charge in [-0.2, -0.15) is 0 Å². The molecule has 1 unspecified atom stereocenters. The van der Waals surface area contributed by atoms with E-state index in [2.05, 4.69) is 9.55 Å². The summed E-state index contributed by atoms with van der Waals surface area (Å²) in [5.41, 5.74) is 2.38. The van der Waals surface area contributed by atoms with Gasteiger partial charge in [0.2, 0.25) is 0 Å². The molecule has 0 amide bonds. The molecule has 88 valence electrons. The van der Waals surface area contributed by atoms with Crippen LogP contribution in [-0.2, 0) is 12.8 Å². The van der Waals surface area contributed by atoms with Crippen LogP contribution in [0.15, 0.2) is 30.6 Å². The van der Waals surface area contributed by atoms with Crippen LogP contribution in [0.25, 0.3) is 0 Å². The first-order chi connectivity index (χ1) is 8.24. The molecule has 17 heavy (non-hydrogen) atoms. The fourth-order valence-electron chi connectivity index (χ4n) is 2.56. The number of aryl methyl sites for hydroxylation is 1. The second kappa shape index (κ2) is 4.11. The average molecular weight is 248 g/mol. The van der Waals surface area contributed by atoms with Crippen LogP contribution in [0.2, 0.25) is 0 Å². The van der Waals surface area contributed by atoms with Crippen molar-refractivity contribution in [1.82, 2.24) is 9.55 Å². The molecule has 1 heterocycles. The van der Waals surface area contributed by atoms with Crippen molar-refractivity contribution in [2.75, 3.05) is 0 Å². The van der Waals surface area contributed by atoms with Crippen molar-refractivity contribution in [2.24, 2.45) is 0 Å². The van der Waals surface area contributed by atoms with Gasteiger partial charge >= 0.3 is 0 Å². The maximum absolute atomic E-state index is 13.2. The number of nitrogens with one attached hydrogen (secondary N) is 1. The molecule has 3 rings (SSSR count). The second-order valence-corrected chi connectivity index (χ2v) is 4.87. The van der Waals surface area contributed by atoms with Gasteiger partial charge in [-0.1, -0.05) is 6.07 Å². The van der Waals surface area contributed by atoms with Crippen LogP contribution in [0.4, 0.5) is 4.39 Å². The van der Waals surface area contributed by atoms with Crippen LogP contribution in [0.3, 0.4) is 0 Å². The summed E-state index contributed by atoms with van der Waals surface area (Å²) >= 11 is 5.22. The van der Waals surface area contributed by atoms with E-state index in [-0.39, 0.29) is 5.82 Å². The predicted molar refractivity (Wildman–Crippen MR) is 67.1 cm³/mol. The minimum atomic E-state index is -0.151. The highest BCUT2D eigenvalue weighted by molar-refractivity contribution is 7.71. The molecule has 0 fully saturated rings. The number of benzene rings is 1. The van der Waals surface area contributed by atoms with Gasteiger partial charge in [-0.3, -0.25) is 0 Å². The molecule has 1 aromatic heterocycles. The molecular formula is C13H13FN2S. The Morgan fingerprint density at radius 1 is 1.35 bits per heavy atom. The first kappa shape index (κ1) is 10.7. The van der Waals surface area contributed by atoms with Crippen LogP contribution >= 0.6 is 12.2 Å². The minimum Gasteiger partial charge on any atom is -0.337 e. The lowest BCUT2D eigenvalue weighted by Gasteiger charge is -2.25. The zero-order valence-electron chi connectivity index (χ0n) is 9.32. The van der Waals surface area contributed by atoms with Gasteiger partial charge in [0.15, 0.2) is 4.77 Å². The van der Waals surface area contributed by atoms with Crippen molar-refractivity contribution in [3.8, 4) is 0 Å². The largest absolute Gasteiger partial charge is 0.337 e. The molecule has 1 atom stereocenters. The number of H-pyrrole nitrogens is 1. The fourth-order valence-corrected chi connectivity index (χ4v) is 2.84. The van der Waals surface area contributed by atoms with Crippen molar-refractivity contribution in [2.45, 2.75) is 25.3 Å². The molecule has 2 nitrogen and oxygen atoms in total. The van der Waals surface area contributed by atoms with Gasteiger partial charge in [-0.25, -0.2) is 4.39 Å². The predicted octanol–water partition coefficient (Wildman–Crippen LogP) is 3.41. The fraction of sp³-hybridized carbons (Fsp3) is 0.308. The van der Waals surface area contributed by atoms with Crippen molar-refractivity contribution in [3.05, 3.63) is 52.3 Å². The normalized spacial score (nSPS) is 19.0. The van der Waals surface area contributed by atoms with E-state index in [4.69, 9.17) is 12.2 Å². The van der Waals surface area contributed by atoms with Gasteiger partial charge in [-0.05, 0) is 54.7 Å². The van der Waals surface area contributed by atoms with Gasteiger partial charge in [-0.15, -0.1) is 0 Å². The molecule has 1 aliphatic rings. The molecule has 0 aliphatic heterocycles. The summed E-state index contributed by atoms with van der Waals surface area (Å²) in [6.07, 6.45) is 6.73. The Balaban J connectivity index is 1.95. The van der Waals surface area contributed by atoms with Crippen LogP contribution in [0.1, 0.15) is 23.6 Å². The lowest BCUT2D eigenvalue weighted by atomic mass is 9.88. The Labute approximate surface area is 104 Å². The van der Waals surface area contributed by atoms with Crippen LogP contribution in [0, 0.1) is 10.6 Å². The molecule has 0 spiro atoms. The summed E-state index contributed by atoms with van der Waals surface area (Å²) in [5.74, 6) is -0.151. The summed E-state index contributed by atoms with van der Waals surface area (Å²) in [5, 5.41) is 0. The van der Waals surface area contributed by atoms with Gasteiger partial charge in [0.05, 0.1) is 0 Å². The number of aromatic amines is 1. The molecular weight excluding hydrogens is 235 g/mol. The highest BCUT2D eigenvalue weighted by atomic mass is 32.1. The van der Waals surface area contributed by atoms with Crippen LogP contribution in [0.5, 0.6) is 0 Å². The first-order valence-corrected chi connectivity index (χ1v) is 6.18. The quantitative estimate of drug-likeness (QED) is 0.767.